The third kappa shape index (κ3) is 5.37. The van der Waals surface area contributed by atoms with E-state index in [0.717, 1.165) is 30.2 Å². The van der Waals surface area contributed by atoms with Crippen molar-refractivity contribution in [2.45, 2.75) is 38.0 Å². The van der Waals surface area contributed by atoms with Gasteiger partial charge < -0.3 is 20.3 Å². The van der Waals surface area contributed by atoms with Crippen LogP contribution in [0.1, 0.15) is 41.6 Å². The van der Waals surface area contributed by atoms with Crippen molar-refractivity contribution in [3.05, 3.63) is 22.6 Å². The van der Waals surface area contributed by atoms with Gasteiger partial charge in [0, 0.05) is 44.9 Å². The van der Waals surface area contributed by atoms with Gasteiger partial charge in [0.1, 0.15) is 11.9 Å². The number of thiophene rings is 1. The molecule has 2 N–H and O–H groups in total. The topological polar surface area (TPSA) is 83.6 Å². The Morgan fingerprint density at radius 1 is 1.25 bits per heavy atom. The number of nitrogens with zero attached hydrogens (tertiary/aromatic N) is 2. The lowest BCUT2D eigenvalue weighted by Gasteiger charge is -2.32. The molecule has 2 aliphatic rings. The van der Waals surface area contributed by atoms with E-state index >= 15 is 0 Å². The van der Waals surface area contributed by atoms with Gasteiger partial charge in [-0.3, -0.25) is 4.79 Å². The van der Waals surface area contributed by atoms with Crippen LogP contribution < -0.4 is 15.5 Å². The van der Waals surface area contributed by atoms with E-state index in [9.17, 15) is 22.8 Å². The highest BCUT2D eigenvalue weighted by Crippen LogP contribution is 2.40. The van der Waals surface area contributed by atoms with Gasteiger partial charge in [-0.05, 0) is 24.8 Å². The van der Waals surface area contributed by atoms with Gasteiger partial charge in [0.25, 0.3) is 5.91 Å². The van der Waals surface area contributed by atoms with Crippen molar-refractivity contribution in [3.8, 4) is 0 Å². The summed E-state index contributed by atoms with van der Waals surface area (Å²) in [5.74, 6) is 0.239. The van der Waals surface area contributed by atoms with Gasteiger partial charge in [-0.1, -0.05) is 0 Å². The molecule has 2 amide bonds. The highest BCUT2D eigenvalue weighted by atomic mass is 35.5. The second kappa shape index (κ2) is 9.70. The molecule has 1 saturated carbocycles. The average molecular weight is 493 g/mol. The zero-order valence-corrected chi connectivity index (χ0v) is 19.0. The Balaban J connectivity index is 0.00000289. The second-order valence-corrected chi connectivity index (χ2v) is 8.73. The fourth-order valence-corrected chi connectivity index (χ4v) is 4.63. The van der Waals surface area contributed by atoms with Crippen LogP contribution in [0.4, 0.5) is 23.8 Å². The van der Waals surface area contributed by atoms with Crippen molar-refractivity contribution in [2.75, 3.05) is 31.6 Å². The van der Waals surface area contributed by atoms with Crippen LogP contribution in [0.5, 0.6) is 0 Å². The summed E-state index contributed by atoms with van der Waals surface area (Å²) in [6.07, 6.45) is -2.07. The zero-order valence-electron chi connectivity index (χ0n) is 17.3. The van der Waals surface area contributed by atoms with E-state index in [2.05, 4.69) is 15.6 Å². The third-order valence-electron chi connectivity index (χ3n) is 5.56. The molecule has 32 heavy (non-hydrogen) atoms. The number of piperidine rings is 1. The number of alkyl carbamates (subject to hydrolysis) is 1. The van der Waals surface area contributed by atoms with Crippen molar-refractivity contribution in [2.24, 2.45) is 5.92 Å². The smallest absolute Gasteiger partial charge is 0.417 e. The normalized spacial score (nSPS) is 17.1. The van der Waals surface area contributed by atoms with Crippen molar-refractivity contribution in [1.82, 2.24) is 15.6 Å². The van der Waals surface area contributed by atoms with E-state index in [1.165, 1.54) is 12.4 Å². The van der Waals surface area contributed by atoms with Gasteiger partial charge in [-0.25, -0.2) is 9.78 Å². The molecule has 2 aromatic heterocycles. The molecule has 176 valence electrons. The number of nitrogens with one attached hydrogen (secondary N) is 2. The van der Waals surface area contributed by atoms with Gasteiger partial charge in [0.05, 0.1) is 21.3 Å². The summed E-state index contributed by atoms with van der Waals surface area (Å²) in [5.41, 5.74) is -0.627. The molecule has 0 aromatic carbocycles. The Morgan fingerprint density at radius 2 is 1.94 bits per heavy atom. The minimum Gasteiger partial charge on any atom is -0.446 e. The Morgan fingerprint density at radius 3 is 2.53 bits per heavy atom. The summed E-state index contributed by atoms with van der Waals surface area (Å²) < 4.78 is 46.4. The minimum atomic E-state index is -4.57. The Bertz CT molecular complexity index is 988. The zero-order chi connectivity index (χ0) is 22.2. The molecule has 2 aromatic rings. The molecule has 1 saturated heterocycles. The second-order valence-electron chi connectivity index (χ2n) is 7.85. The lowest BCUT2D eigenvalue weighted by molar-refractivity contribution is -0.136. The standard InChI is InChI=1S/C20H23F3N4O3S.ClH/c1-24-18(28)13-10-31-17-14(20(21,22)23)8-15(26-16(13)17)27-6-4-12(5-7-27)30-19(29)25-9-11-2-3-11;/h8,10-12H,2-7,9H2,1H3,(H,24,28)(H,25,29);1H. The van der Waals surface area contributed by atoms with Crippen LogP contribution in [0, 0.1) is 5.92 Å². The van der Waals surface area contributed by atoms with Crippen LogP contribution in [0.15, 0.2) is 11.4 Å². The number of rotatable bonds is 5. The fraction of sp³-hybridized carbons (Fsp3) is 0.550. The highest BCUT2D eigenvalue weighted by Gasteiger charge is 2.36. The molecule has 0 radical (unpaired) electrons. The van der Waals surface area contributed by atoms with Crippen molar-refractivity contribution >= 4 is 51.8 Å². The van der Waals surface area contributed by atoms with Gasteiger partial charge in [0.15, 0.2) is 0 Å². The van der Waals surface area contributed by atoms with Crippen LogP contribution in [0.2, 0.25) is 0 Å². The van der Waals surface area contributed by atoms with Crippen molar-refractivity contribution in [3.63, 3.8) is 0 Å². The Kier molecular flexibility index (Phi) is 7.39. The average Bonchev–Trinajstić information content (AvgIpc) is 3.48. The van der Waals surface area contributed by atoms with Crippen LogP contribution in [-0.2, 0) is 10.9 Å². The molecular weight excluding hydrogens is 469 g/mol. The van der Waals surface area contributed by atoms with Crippen LogP contribution in [0.3, 0.4) is 0 Å². The summed E-state index contributed by atoms with van der Waals surface area (Å²) in [6.45, 7) is 1.42. The van der Waals surface area contributed by atoms with E-state index in [-0.39, 0.29) is 40.1 Å². The van der Waals surface area contributed by atoms with Gasteiger partial charge in [-0.2, -0.15) is 13.2 Å². The first-order valence-corrected chi connectivity index (χ1v) is 11.0. The Hall–Kier alpha value is -2.27. The number of carbonyl (C=O) groups is 2. The number of ether oxygens (including phenoxy) is 1. The van der Waals surface area contributed by atoms with Crippen molar-refractivity contribution in [1.29, 1.82) is 0 Å². The van der Waals surface area contributed by atoms with E-state index in [1.54, 1.807) is 4.90 Å². The fourth-order valence-electron chi connectivity index (χ4n) is 3.61. The number of aromatic nitrogens is 1. The molecule has 4 rings (SSSR count). The molecule has 0 bridgehead atoms. The highest BCUT2D eigenvalue weighted by molar-refractivity contribution is 7.17. The van der Waals surface area contributed by atoms with E-state index in [0.29, 0.717) is 38.4 Å². The van der Waals surface area contributed by atoms with E-state index in [4.69, 9.17) is 4.74 Å². The molecule has 1 aliphatic heterocycles. The number of pyridine rings is 1. The van der Waals surface area contributed by atoms with Gasteiger partial charge >= 0.3 is 12.3 Å². The minimum absolute atomic E-state index is 0. The number of amides is 2. The number of fused-ring (bicyclic) bond motifs is 1. The lowest BCUT2D eigenvalue weighted by atomic mass is 10.1. The maximum Gasteiger partial charge on any atom is 0.417 e. The Labute approximate surface area is 193 Å². The monoisotopic (exact) mass is 492 g/mol. The predicted molar refractivity (Wildman–Crippen MR) is 118 cm³/mol. The third-order valence-corrected chi connectivity index (χ3v) is 6.56. The molecular formula is C20H24ClF3N4O3S. The molecule has 12 heteroatoms. The first-order valence-electron chi connectivity index (χ1n) is 10.2. The first-order chi connectivity index (χ1) is 14.8. The first kappa shape index (κ1) is 24.4. The van der Waals surface area contributed by atoms with E-state index in [1.807, 2.05) is 0 Å². The molecule has 1 aliphatic carbocycles. The van der Waals surface area contributed by atoms with Crippen LogP contribution >= 0.6 is 23.7 Å². The summed E-state index contributed by atoms with van der Waals surface area (Å²) >= 11 is 0.858. The summed E-state index contributed by atoms with van der Waals surface area (Å²) in [4.78, 5) is 30.1. The summed E-state index contributed by atoms with van der Waals surface area (Å²) in [6, 6.07) is 1.04. The summed E-state index contributed by atoms with van der Waals surface area (Å²) in [5, 5.41) is 6.59. The lowest BCUT2D eigenvalue weighted by Crippen LogP contribution is -2.40. The van der Waals surface area contributed by atoms with Crippen molar-refractivity contribution < 1.29 is 27.5 Å². The maximum atomic E-state index is 13.7. The molecule has 0 atom stereocenters. The van der Waals surface area contributed by atoms with Gasteiger partial charge in [-0.15, -0.1) is 23.7 Å². The van der Waals surface area contributed by atoms with E-state index < -0.39 is 23.7 Å². The number of anilines is 1. The number of alkyl halides is 3. The summed E-state index contributed by atoms with van der Waals surface area (Å²) in [7, 11) is 1.42. The number of halogens is 4. The number of hydrogen-bond acceptors (Lipinski definition) is 6. The van der Waals surface area contributed by atoms with Gasteiger partial charge in [0.2, 0.25) is 0 Å². The number of hydrogen-bond donors (Lipinski definition) is 2. The number of carbonyl (C=O) groups excluding carboxylic acids is 2. The largest absolute Gasteiger partial charge is 0.446 e. The molecule has 0 spiro atoms. The van der Waals surface area contributed by atoms with Crippen LogP contribution in [-0.4, -0.2) is 49.8 Å². The quantitative estimate of drug-likeness (QED) is 0.653. The molecule has 0 unspecified atom stereocenters. The predicted octanol–water partition coefficient (Wildman–Crippen LogP) is 4.20. The molecule has 7 nitrogen and oxygen atoms in total. The SMILES string of the molecule is CNC(=O)c1csc2c(C(F)(F)F)cc(N3CCC(OC(=O)NCC4CC4)CC3)nc12.Cl. The maximum absolute atomic E-state index is 13.7. The molecule has 2 fully saturated rings. The van der Waals surface area contributed by atoms with Crippen LogP contribution in [0.25, 0.3) is 10.2 Å². The molecule has 3 heterocycles.